The topological polar surface area (TPSA) is 194 Å². The lowest BCUT2D eigenvalue weighted by molar-refractivity contribution is 0.0968. The highest BCUT2D eigenvalue weighted by Gasteiger charge is 2.18. The van der Waals surface area contributed by atoms with E-state index < -0.39 is 11.1 Å². The third-order valence-corrected chi connectivity index (χ3v) is 9.18. The van der Waals surface area contributed by atoms with Gasteiger partial charge in [-0.3, -0.25) is 30.4 Å². The summed E-state index contributed by atoms with van der Waals surface area (Å²) in [5, 5.41) is 36.1. The van der Waals surface area contributed by atoms with Crippen molar-refractivity contribution in [3.8, 4) is 34.0 Å². The Morgan fingerprint density at radius 2 is 1.05 bits per heavy atom. The number of aromatic amines is 2. The van der Waals surface area contributed by atoms with Crippen molar-refractivity contribution in [2.24, 2.45) is 9.98 Å². The fourth-order valence-electron chi connectivity index (χ4n) is 6.09. The highest BCUT2D eigenvalue weighted by molar-refractivity contribution is 6.10. The van der Waals surface area contributed by atoms with Crippen molar-refractivity contribution in [2.75, 3.05) is 10.6 Å². The van der Waals surface area contributed by atoms with Gasteiger partial charge in [0.25, 0.3) is 11.8 Å². The maximum absolute atomic E-state index is 12.8. The van der Waals surface area contributed by atoms with E-state index in [4.69, 9.17) is 4.74 Å². The normalized spacial score (nSPS) is 11.6. The first kappa shape index (κ1) is 49.0. The Morgan fingerprint density at radius 1 is 0.591 bits per heavy atom. The van der Waals surface area contributed by atoms with E-state index in [9.17, 15) is 14.7 Å². The number of aryl methyl sites for hydroxylation is 2. The van der Waals surface area contributed by atoms with Crippen molar-refractivity contribution in [3.05, 3.63) is 167 Å². The maximum atomic E-state index is 12.8. The first-order valence-corrected chi connectivity index (χ1v) is 21.1. The SMILES string of the molecule is C.Cc1ccc(C(=O)NC(=NC(C)(C)C)Nc2cc(-c3cccc(O)c3)[nH]n2)cc1.Cc1ccc(C(=O)NC(=NC(C)(C)C)Nc2cc(-c3cccc(OCc4ccccc4)c3)[nH]n2)cc1. The Hall–Kier alpha value is -8.00. The number of aliphatic imine (C=N–C) groups is 2. The Labute approximate surface area is 387 Å². The number of carbonyl (C=O) groups excluding carboxylic acids is 2. The average Bonchev–Trinajstić information content (AvgIpc) is 3.93. The fraction of sp³-hybridized carbons (Fsp3) is 0.231. The summed E-state index contributed by atoms with van der Waals surface area (Å²) >= 11 is 0. The molecule has 0 aliphatic rings. The molecule has 342 valence electrons. The van der Waals surface area contributed by atoms with Crippen LogP contribution in [0.1, 0.15) is 86.4 Å². The standard InChI is InChI=1S/C29H31N5O2.C22H25N5O2.CH4/c1-20-13-15-22(16-14-20)27(35)31-28(32-29(2,3)4)30-26-18-25(33-34-26)23-11-8-12-24(17-23)36-19-21-9-6-5-7-10-21;1-14-8-10-15(11-9-14)20(29)24-21(25-22(2,3)4)23-19-13-18(26-27-19)16-6-5-7-17(28)12-16;/h5-18H,19H2,1-4H3,(H3,30,31,32,33,34,35);5-13,28H,1-4H3,(H3,23,24,25,26,27,29);1H4. The molecule has 0 atom stereocenters. The number of rotatable bonds is 9. The number of carbonyl (C=O) groups is 2. The molecule has 0 radical (unpaired) electrons. The van der Waals surface area contributed by atoms with Crippen LogP contribution >= 0.6 is 0 Å². The molecule has 0 spiro atoms. The summed E-state index contributed by atoms with van der Waals surface area (Å²) in [6.07, 6.45) is 0. The van der Waals surface area contributed by atoms with E-state index in [2.05, 4.69) is 51.6 Å². The largest absolute Gasteiger partial charge is 0.508 e. The number of anilines is 2. The maximum Gasteiger partial charge on any atom is 0.257 e. The number of aromatic nitrogens is 4. The number of amides is 2. The Kier molecular flexibility index (Phi) is 16.4. The molecular formula is C52H60N10O4. The number of hydrogen-bond acceptors (Lipinski definition) is 8. The van der Waals surface area contributed by atoms with Gasteiger partial charge in [-0.05, 0) is 109 Å². The number of phenols is 1. The number of hydrogen-bond donors (Lipinski definition) is 7. The van der Waals surface area contributed by atoms with E-state index in [0.29, 0.717) is 41.3 Å². The minimum absolute atomic E-state index is 0. The van der Waals surface area contributed by atoms with Gasteiger partial charge in [-0.2, -0.15) is 10.2 Å². The van der Waals surface area contributed by atoms with Crippen molar-refractivity contribution >= 4 is 35.4 Å². The lowest BCUT2D eigenvalue weighted by atomic mass is 10.1. The number of nitrogens with one attached hydrogen (secondary N) is 6. The molecule has 0 unspecified atom stereocenters. The summed E-state index contributed by atoms with van der Waals surface area (Å²) in [4.78, 5) is 34.6. The van der Waals surface area contributed by atoms with Crippen molar-refractivity contribution in [2.45, 2.75) is 80.5 Å². The van der Waals surface area contributed by atoms with Gasteiger partial charge in [0.1, 0.15) is 18.1 Å². The van der Waals surface area contributed by atoms with E-state index in [1.807, 2.05) is 146 Å². The first-order chi connectivity index (χ1) is 30.9. The zero-order valence-electron chi connectivity index (χ0n) is 37.9. The van der Waals surface area contributed by atoms with Crippen molar-refractivity contribution in [1.82, 2.24) is 31.0 Å². The summed E-state index contributed by atoms with van der Waals surface area (Å²) in [7, 11) is 0. The molecule has 14 nitrogen and oxygen atoms in total. The van der Waals surface area contributed by atoms with Gasteiger partial charge >= 0.3 is 0 Å². The van der Waals surface area contributed by atoms with E-state index in [1.165, 1.54) is 0 Å². The second kappa shape index (κ2) is 22.1. The van der Waals surface area contributed by atoms with Gasteiger partial charge in [0.05, 0.1) is 22.5 Å². The molecule has 7 N–H and O–H groups in total. The lowest BCUT2D eigenvalue weighted by Gasteiger charge is -2.17. The van der Waals surface area contributed by atoms with Crippen LogP contribution in [-0.2, 0) is 6.61 Å². The number of ether oxygens (including phenoxy) is 1. The van der Waals surface area contributed by atoms with Crippen molar-refractivity contribution in [3.63, 3.8) is 0 Å². The summed E-state index contributed by atoms with van der Waals surface area (Å²) in [6, 6.07) is 43.1. The van der Waals surface area contributed by atoms with E-state index >= 15 is 0 Å². The molecule has 14 heteroatoms. The van der Waals surface area contributed by atoms with Crippen molar-refractivity contribution in [1.29, 1.82) is 0 Å². The van der Waals surface area contributed by atoms with Crippen molar-refractivity contribution < 1.29 is 19.4 Å². The molecule has 2 aromatic heterocycles. The molecule has 0 saturated carbocycles. The third-order valence-electron chi connectivity index (χ3n) is 9.18. The minimum atomic E-state index is -0.410. The summed E-state index contributed by atoms with van der Waals surface area (Å²) in [5.74, 6) is 2.09. The van der Waals surface area contributed by atoms with Gasteiger partial charge < -0.3 is 20.5 Å². The molecule has 0 fully saturated rings. The molecule has 2 amide bonds. The smallest absolute Gasteiger partial charge is 0.257 e. The summed E-state index contributed by atoms with van der Waals surface area (Å²) in [5.41, 5.74) is 6.81. The van der Waals surface area contributed by atoms with Crippen LogP contribution in [0.15, 0.2) is 150 Å². The third kappa shape index (κ3) is 15.4. The molecule has 0 aliphatic carbocycles. The molecule has 0 saturated heterocycles. The van der Waals surface area contributed by atoms with Crippen LogP contribution in [0.3, 0.4) is 0 Å². The highest BCUT2D eigenvalue weighted by atomic mass is 16.5. The molecular weight excluding hydrogens is 829 g/mol. The Balaban J connectivity index is 0.000000249. The number of guanidine groups is 2. The van der Waals surface area contributed by atoms with Crippen LogP contribution in [0.5, 0.6) is 11.5 Å². The molecule has 7 rings (SSSR count). The predicted molar refractivity (Wildman–Crippen MR) is 266 cm³/mol. The number of nitrogens with zero attached hydrogens (tertiary/aromatic N) is 4. The van der Waals surface area contributed by atoms with Gasteiger partial charge in [0.2, 0.25) is 11.9 Å². The molecule has 66 heavy (non-hydrogen) atoms. The second-order valence-corrected chi connectivity index (χ2v) is 17.3. The Morgan fingerprint density at radius 3 is 1.50 bits per heavy atom. The number of benzene rings is 5. The summed E-state index contributed by atoms with van der Waals surface area (Å²) in [6.45, 7) is 16.2. The van der Waals surface area contributed by atoms with Crippen LogP contribution in [0.25, 0.3) is 22.5 Å². The molecule has 0 bridgehead atoms. The van der Waals surface area contributed by atoms with Crippen LogP contribution in [-0.4, -0.2) is 60.3 Å². The molecule has 5 aromatic carbocycles. The lowest BCUT2D eigenvalue weighted by Crippen LogP contribution is -2.38. The fourth-order valence-corrected chi connectivity index (χ4v) is 6.09. The average molecular weight is 889 g/mol. The van der Waals surface area contributed by atoms with E-state index in [1.54, 1.807) is 48.5 Å². The van der Waals surface area contributed by atoms with Gasteiger partial charge in [-0.1, -0.05) is 97.4 Å². The van der Waals surface area contributed by atoms with E-state index in [0.717, 1.165) is 45.0 Å². The zero-order chi connectivity index (χ0) is 46.6. The van der Waals surface area contributed by atoms with Gasteiger partial charge in [0.15, 0.2) is 11.6 Å². The second-order valence-electron chi connectivity index (χ2n) is 17.3. The van der Waals surface area contributed by atoms with Gasteiger partial charge in [0, 0.05) is 34.4 Å². The number of H-pyrrole nitrogens is 2. The molecule has 2 heterocycles. The highest BCUT2D eigenvalue weighted by Crippen LogP contribution is 2.26. The molecule has 7 aromatic rings. The zero-order valence-corrected chi connectivity index (χ0v) is 37.9. The number of aromatic hydroxyl groups is 1. The van der Waals surface area contributed by atoms with Gasteiger partial charge in [-0.25, -0.2) is 9.98 Å². The van der Waals surface area contributed by atoms with Gasteiger partial charge in [-0.15, -0.1) is 0 Å². The Bertz CT molecular complexity index is 2740. The number of phenolic OH excluding ortho intramolecular Hbond substituents is 1. The van der Waals surface area contributed by atoms with Crippen LogP contribution in [0, 0.1) is 13.8 Å². The minimum Gasteiger partial charge on any atom is -0.508 e. The quantitative estimate of drug-likeness (QED) is 0.0549. The summed E-state index contributed by atoms with van der Waals surface area (Å²) < 4.78 is 5.96. The van der Waals surface area contributed by atoms with Crippen LogP contribution < -0.4 is 26.0 Å². The monoisotopic (exact) mass is 888 g/mol. The predicted octanol–water partition coefficient (Wildman–Crippen LogP) is 10.7. The van der Waals surface area contributed by atoms with Crippen LogP contribution in [0.4, 0.5) is 11.6 Å². The first-order valence-electron chi connectivity index (χ1n) is 21.1. The van der Waals surface area contributed by atoms with E-state index in [-0.39, 0.29) is 25.0 Å². The molecule has 0 aliphatic heterocycles. The van der Waals surface area contributed by atoms with Crippen LogP contribution in [0.2, 0.25) is 0 Å².